The van der Waals surface area contributed by atoms with Crippen molar-refractivity contribution in [3.63, 3.8) is 0 Å². The fourth-order valence-electron chi connectivity index (χ4n) is 2.87. The van der Waals surface area contributed by atoms with Crippen LogP contribution in [0.15, 0.2) is 58.5 Å². The molecule has 0 saturated heterocycles. The van der Waals surface area contributed by atoms with Crippen LogP contribution in [0.4, 0.5) is 5.69 Å². The molecule has 3 rings (SSSR count). The van der Waals surface area contributed by atoms with Crippen LogP contribution in [0.1, 0.15) is 20.3 Å². The third kappa shape index (κ3) is 5.38. The van der Waals surface area contributed by atoms with Gasteiger partial charge in [-0.15, -0.1) is 0 Å². The summed E-state index contributed by atoms with van der Waals surface area (Å²) in [5.41, 5.74) is 1.25. The Morgan fingerprint density at radius 2 is 2.00 bits per heavy atom. The molecule has 1 aromatic heterocycles. The van der Waals surface area contributed by atoms with Crippen LogP contribution in [0.3, 0.4) is 0 Å². The summed E-state index contributed by atoms with van der Waals surface area (Å²) in [5, 5.41) is 4.02. The van der Waals surface area contributed by atoms with E-state index in [0.717, 1.165) is 6.42 Å². The van der Waals surface area contributed by atoms with E-state index in [1.54, 1.807) is 29.9 Å². The Kier molecular flexibility index (Phi) is 6.93. The number of carbonyl (C=O) groups is 1. The number of fused-ring (bicyclic) bond motifs is 1. The van der Waals surface area contributed by atoms with Gasteiger partial charge in [0.25, 0.3) is 5.56 Å². The number of aromatic nitrogens is 2. The minimum absolute atomic E-state index is 0.0630. The van der Waals surface area contributed by atoms with Crippen molar-refractivity contribution in [1.82, 2.24) is 9.55 Å². The summed E-state index contributed by atoms with van der Waals surface area (Å²) in [4.78, 5) is 30.0. The van der Waals surface area contributed by atoms with Gasteiger partial charge in [-0.25, -0.2) is 4.98 Å². The Labute approximate surface area is 174 Å². The second kappa shape index (κ2) is 9.60. The number of nitrogens with zero attached hydrogens (tertiary/aromatic N) is 2. The lowest BCUT2D eigenvalue weighted by Gasteiger charge is -2.14. The molecule has 7 heteroatoms. The zero-order chi connectivity index (χ0) is 20.8. The number of hydrogen-bond donors (Lipinski definition) is 1. The van der Waals surface area contributed by atoms with Crippen molar-refractivity contribution in [1.29, 1.82) is 0 Å². The summed E-state index contributed by atoms with van der Waals surface area (Å²) in [6.45, 7) is 4.82. The number of benzene rings is 2. The van der Waals surface area contributed by atoms with Crippen molar-refractivity contribution in [3.05, 3.63) is 58.9 Å². The number of nitrogens with one attached hydrogen (secondary N) is 1. The molecule has 0 spiro atoms. The number of para-hydroxylation sites is 1. The Bertz CT molecular complexity index is 1060. The van der Waals surface area contributed by atoms with Crippen LogP contribution in [-0.2, 0) is 11.3 Å². The number of hydrogen-bond acceptors (Lipinski definition) is 5. The van der Waals surface area contributed by atoms with Gasteiger partial charge in [0.1, 0.15) is 5.75 Å². The molecule has 3 aromatic rings. The molecule has 0 aliphatic carbocycles. The maximum atomic E-state index is 13.0. The predicted octanol–water partition coefficient (Wildman–Crippen LogP) is 4.18. The van der Waals surface area contributed by atoms with E-state index < -0.39 is 0 Å². The number of amides is 1. The van der Waals surface area contributed by atoms with Crippen LogP contribution in [-0.4, -0.2) is 28.3 Å². The fourth-order valence-corrected chi connectivity index (χ4v) is 3.70. The van der Waals surface area contributed by atoms with Crippen molar-refractivity contribution in [3.8, 4) is 5.75 Å². The average molecular weight is 412 g/mol. The van der Waals surface area contributed by atoms with E-state index in [9.17, 15) is 9.59 Å². The lowest BCUT2D eigenvalue weighted by molar-refractivity contribution is -0.113. The van der Waals surface area contributed by atoms with Gasteiger partial charge in [0.2, 0.25) is 5.91 Å². The summed E-state index contributed by atoms with van der Waals surface area (Å²) in [7, 11) is 1.58. The summed E-state index contributed by atoms with van der Waals surface area (Å²) < 4.78 is 6.86. The van der Waals surface area contributed by atoms with Crippen LogP contribution >= 0.6 is 11.8 Å². The molecular formula is C22H25N3O3S. The van der Waals surface area contributed by atoms with Crippen molar-refractivity contribution >= 4 is 34.3 Å². The Balaban J connectivity index is 1.79. The molecule has 0 radical (unpaired) electrons. The highest BCUT2D eigenvalue weighted by molar-refractivity contribution is 7.99. The standard InChI is InChI=1S/C22H25N3O3S/c1-15(2)11-12-25-21(27)18-9-4-5-10-19(18)24-22(25)29-14-20(26)23-16-7-6-8-17(13-16)28-3/h4-10,13,15H,11-12,14H2,1-3H3,(H,23,26). The minimum Gasteiger partial charge on any atom is -0.497 e. The van der Waals surface area contributed by atoms with Crippen LogP contribution in [0, 0.1) is 5.92 Å². The van der Waals surface area contributed by atoms with Crippen molar-refractivity contribution < 1.29 is 9.53 Å². The minimum atomic E-state index is -0.166. The highest BCUT2D eigenvalue weighted by Gasteiger charge is 2.14. The van der Waals surface area contributed by atoms with Gasteiger partial charge >= 0.3 is 0 Å². The Morgan fingerprint density at radius 3 is 2.76 bits per heavy atom. The first kappa shape index (κ1) is 20.9. The molecular weight excluding hydrogens is 386 g/mol. The smallest absolute Gasteiger partial charge is 0.262 e. The molecule has 0 atom stereocenters. The van der Waals surface area contributed by atoms with Gasteiger partial charge < -0.3 is 10.1 Å². The average Bonchev–Trinajstić information content (AvgIpc) is 2.71. The molecule has 0 saturated carbocycles. The van der Waals surface area contributed by atoms with Gasteiger partial charge in [-0.2, -0.15) is 0 Å². The summed E-state index contributed by atoms with van der Waals surface area (Å²) in [5.74, 6) is 1.13. The lowest BCUT2D eigenvalue weighted by Crippen LogP contribution is -2.25. The second-order valence-electron chi connectivity index (χ2n) is 7.12. The summed E-state index contributed by atoms with van der Waals surface area (Å²) >= 11 is 1.27. The Hall–Kier alpha value is -2.80. The van der Waals surface area contributed by atoms with E-state index in [-0.39, 0.29) is 17.2 Å². The number of ether oxygens (including phenoxy) is 1. The van der Waals surface area contributed by atoms with E-state index in [2.05, 4.69) is 24.1 Å². The molecule has 0 bridgehead atoms. The molecule has 1 heterocycles. The van der Waals surface area contributed by atoms with Gasteiger partial charge in [0.15, 0.2) is 5.16 Å². The molecule has 2 aromatic carbocycles. The van der Waals surface area contributed by atoms with E-state index >= 15 is 0 Å². The molecule has 1 N–H and O–H groups in total. The van der Waals surface area contributed by atoms with Gasteiger partial charge in [0.05, 0.1) is 23.8 Å². The molecule has 0 aliphatic heterocycles. The van der Waals surface area contributed by atoms with Gasteiger partial charge in [-0.05, 0) is 36.6 Å². The SMILES string of the molecule is COc1cccc(NC(=O)CSc2nc3ccccc3c(=O)n2CCC(C)C)c1. The predicted molar refractivity (Wildman–Crippen MR) is 118 cm³/mol. The van der Waals surface area contributed by atoms with Crippen molar-refractivity contribution in [2.75, 3.05) is 18.2 Å². The van der Waals surface area contributed by atoms with Gasteiger partial charge in [0, 0.05) is 18.3 Å². The van der Waals surface area contributed by atoms with Crippen molar-refractivity contribution in [2.45, 2.75) is 32.0 Å². The Morgan fingerprint density at radius 1 is 1.21 bits per heavy atom. The number of anilines is 1. The third-order valence-electron chi connectivity index (χ3n) is 4.44. The van der Waals surface area contributed by atoms with Crippen molar-refractivity contribution in [2.24, 2.45) is 5.92 Å². The van der Waals surface area contributed by atoms with E-state index in [4.69, 9.17) is 4.74 Å². The van der Waals surface area contributed by atoms with E-state index in [0.29, 0.717) is 40.0 Å². The van der Waals surface area contributed by atoms with Crippen LogP contribution in [0.5, 0.6) is 5.75 Å². The van der Waals surface area contributed by atoms with Gasteiger partial charge in [-0.3, -0.25) is 14.2 Å². The monoisotopic (exact) mass is 411 g/mol. The molecule has 152 valence electrons. The summed E-state index contributed by atoms with van der Waals surface area (Å²) in [6.07, 6.45) is 0.865. The van der Waals surface area contributed by atoms with Crippen LogP contribution in [0.25, 0.3) is 10.9 Å². The molecule has 1 amide bonds. The first-order valence-corrected chi connectivity index (χ1v) is 10.5. The first-order chi connectivity index (χ1) is 14.0. The first-order valence-electron chi connectivity index (χ1n) is 9.54. The fraction of sp³-hybridized carbons (Fsp3) is 0.318. The maximum Gasteiger partial charge on any atom is 0.262 e. The third-order valence-corrected chi connectivity index (χ3v) is 5.42. The van der Waals surface area contributed by atoms with Crippen LogP contribution < -0.4 is 15.6 Å². The molecule has 0 aliphatic rings. The summed E-state index contributed by atoms with van der Waals surface area (Å²) in [6, 6.07) is 14.5. The quantitative estimate of drug-likeness (QED) is 0.445. The topological polar surface area (TPSA) is 73.2 Å². The highest BCUT2D eigenvalue weighted by Crippen LogP contribution is 2.21. The number of thioether (sulfide) groups is 1. The second-order valence-corrected chi connectivity index (χ2v) is 8.06. The highest BCUT2D eigenvalue weighted by atomic mass is 32.2. The number of rotatable bonds is 8. The van der Waals surface area contributed by atoms with Gasteiger partial charge in [-0.1, -0.05) is 43.8 Å². The van der Waals surface area contributed by atoms with Crippen LogP contribution in [0.2, 0.25) is 0 Å². The molecule has 6 nitrogen and oxygen atoms in total. The largest absolute Gasteiger partial charge is 0.497 e. The normalized spacial score (nSPS) is 11.0. The molecule has 0 fully saturated rings. The molecule has 0 unspecified atom stereocenters. The zero-order valence-corrected chi connectivity index (χ0v) is 17.7. The van der Waals surface area contributed by atoms with E-state index in [1.807, 2.05) is 30.3 Å². The molecule has 29 heavy (non-hydrogen) atoms. The lowest BCUT2D eigenvalue weighted by atomic mass is 10.1. The van der Waals surface area contributed by atoms with E-state index in [1.165, 1.54) is 11.8 Å². The maximum absolute atomic E-state index is 13.0. The number of methoxy groups -OCH3 is 1. The number of carbonyl (C=O) groups excluding carboxylic acids is 1. The zero-order valence-electron chi connectivity index (χ0n) is 16.8.